The number of hydrogen-bond acceptors (Lipinski definition) is 3. The summed E-state index contributed by atoms with van der Waals surface area (Å²) in [6, 6.07) is 14.4. The summed E-state index contributed by atoms with van der Waals surface area (Å²) < 4.78 is 20.5. The Balaban J connectivity index is 1.77. The van der Waals surface area contributed by atoms with Crippen molar-refractivity contribution in [1.29, 1.82) is 0 Å². The molecule has 0 atom stereocenters. The minimum atomic E-state index is -0.253. The summed E-state index contributed by atoms with van der Waals surface area (Å²) in [6.45, 7) is 2.40. The summed E-state index contributed by atoms with van der Waals surface area (Å²) in [7, 11) is 0. The van der Waals surface area contributed by atoms with Crippen LogP contribution < -0.4 is 0 Å². The average Bonchev–Trinajstić information content (AvgIpc) is 3.06. The summed E-state index contributed by atoms with van der Waals surface area (Å²) in [5.74, 6) is -0.226. The molecule has 1 saturated heterocycles. The molecule has 1 amide bonds. The highest BCUT2D eigenvalue weighted by Crippen LogP contribution is 2.35. The van der Waals surface area contributed by atoms with Crippen LogP contribution in [0.5, 0.6) is 0 Å². The molecular formula is C19H16FNO2S. The number of rotatable bonds is 2. The van der Waals surface area contributed by atoms with Gasteiger partial charge < -0.3 is 9.64 Å². The number of nitrogens with zero attached hydrogens (tertiary/aromatic N) is 1. The molecule has 4 rings (SSSR count). The van der Waals surface area contributed by atoms with Crippen LogP contribution in [0.2, 0.25) is 0 Å². The van der Waals surface area contributed by atoms with E-state index in [2.05, 4.69) is 0 Å². The lowest BCUT2D eigenvalue weighted by atomic mass is 10.0. The Labute approximate surface area is 143 Å². The third-order valence-corrected chi connectivity index (χ3v) is 5.32. The first-order valence-corrected chi connectivity index (χ1v) is 8.70. The minimum Gasteiger partial charge on any atom is -0.378 e. The van der Waals surface area contributed by atoms with E-state index in [0.29, 0.717) is 36.7 Å². The van der Waals surface area contributed by atoms with Gasteiger partial charge in [-0.05, 0) is 23.8 Å². The number of carbonyl (C=O) groups excluding carboxylic acids is 1. The van der Waals surface area contributed by atoms with Crippen molar-refractivity contribution in [1.82, 2.24) is 4.90 Å². The Kier molecular flexibility index (Phi) is 4.04. The fourth-order valence-electron chi connectivity index (χ4n) is 3.00. The molecule has 0 unspecified atom stereocenters. The molecule has 0 saturated carbocycles. The first-order valence-electron chi connectivity index (χ1n) is 7.88. The van der Waals surface area contributed by atoms with Crippen molar-refractivity contribution in [3.05, 3.63) is 59.2 Å². The van der Waals surface area contributed by atoms with Crippen LogP contribution >= 0.6 is 11.3 Å². The Morgan fingerprint density at radius 2 is 1.79 bits per heavy atom. The van der Waals surface area contributed by atoms with Crippen LogP contribution in [0.4, 0.5) is 4.39 Å². The Morgan fingerprint density at radius 3 is 2.58 bits per heavy atom. The molecule has 1 fully saturated rings. The monoisotopic (exact) mass is 341 g/mol. The van der Waals surface area contributed by atoms with Gasteiger partial charge in [0.2, 0.25) is 0 Å². The second kappa shape index (κ2) is 6.34. The van der Waals surface area contributed by atoms with Crippen LogP contribution in [-0.2, 0) is 4.74 Å². The van der Waals surface area contributed by atoms with Crippen molar-refractivity contribution in [2.24, 2.45) is 0 Å². The Morgan fingerprint density at radius 1 is 1.04 bits per heavy atom. The van der Waals surface area contributed by atoms with Crippen molar-refractivity contribution < 1.29 is 13.9 Å². The van der Waals surface area contributed by atoms with Crippen molar-refractivity contribution in [3.8, 4) is 11.1 Å². The number of fused-ring (bicyclic) bond motifs is 1. The normalized spacial score (nSPS) is 15.0. The van der Waals surface area contributed by atoms with E-state index in [1.54, 1.807) is 12.1 Å². The van der Waals surface area contributed by atoms with Crippen molar-refractivity contribution in [2.45, 2.75) is 0 Å². The van der Waals surface area contributed by atoms with E-state index in [1.807, 2.05) is 35.2 Å². The number of ether oxygens (including phenoxy) is 1. The van der Waals surface area contributed by atoms with Crippen LogP contribution in [0, 0.1) is 5.82 Å². The van der Waals surface area contributed by atoms with E-state index in [-0.39, 0.29) is 11.7 Å². The molecule has 1 aromatic heterocycles. The molecule has 122 valence electrons. The first-order chi connectivity index (χ1) is 11.7. The molecule has 0 bridgehead atoms. The molecule has 1 aliphatic heterocycles. The van der Waals surface area contributed by atoms with Crippen LogP contribution in [-0.4, -0.2) is 37.1 Å². The lowest BCUT2D eigenvalue weighted by Gasteiger charge is -2.26. The molecule has 2 heterocycles. The summed E-state index contributed by atoms with van der Waals surface area (Å²) in [5.41, 5.74) is 1.38. The van der Waals surface area contributed by atoms with Gasteiger partial charge in [-0.1, -0.05) is 30.3 Å². The van der Waals surface area contributed by atoms with Gasteiger partial charge in [0, 0.05) is 28.7 Å². The van der Waals surface area contributed by atoms with Crippen LogP contribution in [0.15, 0.2) is 48.5 Å². The van der Waals surface area contributed by atoms with E-state index in [1.165, 1.54) is 17.4 Å². The van der Waals surface area contributed by atoms with Gasteiger partial charge in [-0.25, -0.2) is 4.39 Å². The molecule has 0 radical (unpaired) electrons. The molecule has 1 aliphatic rings. The number of carbonyl (C=O) groups is 1. The second-order valence-electron chi connectivity index (χ2n) is 5.71. The summed E-state index contributed by atoms with van der Waals surface area (Å²) in [5, 5.41) is 0.921. The number of halogens is 1. The van der Waals surface area contributed by atoms with Crippen LogP contribution in [0.25, 0.3) is 21.2 Å². The third-order valence-electron chi connectivity index (χ3n) is 4.23. The topological polar surface area (TPSA) is 29.5 Å². The fourth-order valence-corrected chi connectivity index (χ4v) is 4.06. The quantitative estimate of drug-likeness (QED) is 0.700. The molecule has 3 aromatic rings. The third kappa shape index (κ3) is 2.70. The predicted molar refractivity (Wildman–Crippen MR) is 93.9 cm³/mol. The van der Waals surface area contributed by atoms with E-state index in [0.717, 1.165) is 15.6 Å². The fraction of sp³-hybridized carbons (Fsp3) is 0.211. The highest BCUT2D eigenvalue weighted by molar-refractivity contribution is 7.20. The standard InChI is InChI=1S/C19H16FNO2S/c20-16-6-2-1-4-14(16)13-5-3-7-17-15(13)12-18(24-17)19(22)21-8-10-23-11-9-21/h1-7,12H,8-11H2. The van der Waals surface area contributed by atoms with Crippen LogP contribution in [0.3, 0.4) is 0 Å². The van der Waals surface area contributed by atoms with E-state index in [4.69, 9.17) is 4.74 Å². The zero-order valence-electron chi connectivity index (χ0n) is 13.0. The maximum atomic E-state index is 14.2. The van der Waals surface area contributed by atoms with E-state index >= 15 is 0 Å². The summed E-state index contributed by atoms with van der Waals surface area (Å²) in [6.07, 6.45) is 0. The summed E-state index contributed by atoms with van der Waals surface area (Å²) >= 11 is 1.46. The number of morpholine rings is 1. The molecule has 24 heavy (non-hydrogen) atoms. The molecule has 0 aliphatic carbocycles. The highest BCUT2D eigenvalue weighted by Gasteiger charge is 2.21. The summed E-state index contributed by atoms with van der Waals surface area (Å²) in [4.78, 5) is 15.2. The van der Waals surface area contributed by atoms with Gasteiger partial charge in [-0.2, -0.15) is 0 Å². The molecule has 2 aromatic carbocycles. The van der Waals surface area contributed by atoms with Gasteiger partial charge in [-0.15, -0.1) is 11.3 Å². The zero-order chi connectivity index (χ0) is 16.5. The first kappa shape index (κ1) is 15.3. The van der Waals surface area contributed by atoms with E-state index < -0.39 is 0 Å². The lowest BCUT2D eigenvalue weighted by molar-refractivity contribution is 0.0306. The van der Waals surface area contributed by atoms with Gasteiger partial charge in [0.15, 0.2) is 0 Å². The molecule has 5 heteroatoms. The zero-order valence-corrected chi connectivity index (χ0v) is 13.8. The van der Waals surface area contributed by atoms with Crippen molar-refractivity contribution >= 4 is 27.3 Å². The maximum absolute atomic E-state index is 14.2. The molecular weight excluding hydrogens is 325 g/mol. The van der Waals surface area contributed by atoms with Gasteiger partial charge in [0.25, 0.3) is 5.91 Å². The van der Waals surface area contributed by atoms with Crippen LogP contribution in [0.1, 0.15) is 9.67 Å². The number of thiophene rings is 1. The second-order valence-corrected chi connectivity index (χ2v) is 6.80. The highest BCUT2D eigenvalue weighted by atomic mass is 32.1. The molecule has 0 N–H and O–H groups in total. The largest absolute Gasteiger partial charge is 0.378 e. The molecule has 0 spiro atoms. The lowest BCUT2D eigenvalue weighted by Crippen LogP contribution is -2.40. The van der Waals surface area contributed by atoms with Gasteiger partial charge >= 0.3 is 0 Å². The Hall–Kier alpha value is -2.24. The predicted octanol–water partition coefficient (Wildman–Crippen LogP) is 4.18. The average molecular weight is 341 g/mol. The van der Waals surface area contributed by atoms with Crippen molar-refractivity contribution in [3.63, 3.8) is 0 Å². The van der Waals surface area contributed by atoms with Gasteiger partial charge in [0.1, 0.15) is 5.82 Å². The van der Waals surface area contributed by atoms with Gasteiger partial charge in [-0.3, -0.25) is 4.79 Å². The van der Waals surface area contributed by atoms with Gasteiger partial charge in [0.05, 0.1) is 18.1 Å². The number of amides is 1. The Bertz CT molecular complexity index is 899. The molecule has 3 nitrogen and oxygen atoms in total. The van der Waals surface area contributed by atoms with Crippen molar-refractivity contribution in [2.75, 3.05) is 26.3 Å². The minimum absolute atomic E-state index is 0.0268. The number of benzene rings is 2. The smallest absolute Gasteiger partial charge is 0.264 e. The number of hydrogen-bond donors (Lipinski definition) is 0. The van der Waals surface area contributed by atoms with E-state index in [9.17, 15) is 9.18 Å². The maximum Gasteiger partial charge on any atom is 0.264 e. The SMILES string of the molecule is O=C(c1cc2c(-c3ccccc3F)cccc2s1)N1CCOCC1.